The van der Waals surface area contributed by atoms with Crippen molar-refractivity contribution >= 4 is 11.9 Å². The third-order valence-electron chi connectivity index (χ3n) is 3.04. The Hall–Kier alpha value is -2.17. The second kappa shape index (κ2) is 5.22. The molecule has 2 aromatic heterocycles. The first-order valence-electron chi connectivity index (χ1n) is 6.27. The van der Waals surface area contributed by atoms with Gasteiger partial charge >= 0.3 is 0 Å². The van der Waals surface area contributed by atoms with E-state index in [0.717, 1.165) is 11.4 Å². The Bertz CT molecular complexity index is 587. The molecule has 5 nitrogen and oxygen atoms in total. The SMILES string of the molecule is Cc1cc(C(=O)Nc2ncccn2)c(C)n1C(C)C. The molecule has 1 N–H and O–H groups in total. The Morgan fingerprint density at radius 3 is 2.42 bits per heavy atom. The number of anilines is 1. The normalized spacial score (nSPS) is 10.8. The summed E-state index contributed by atoms with van der Waals surface area (Å²) in [4.78, 5) is 20.2. The second-order valence-corrected chi connectivity index (χ2v) is 4.78. The van der Waals surface area contributed by atoms with Gasteiger partial charge in [-0.3, -0.25) is 10.1 Å². The molecule has 2 aromatic rings. The summed E-state index contributed by atoms with van der Waals surface area (Å²) in [6.07, 6.45) is 3.19. The van der Waals surface area contributed by atoms with Crippen LogP contribution in [0.4, 0.5) is 5.95 Å². The Kier molecular flexibility index (Phi) is 3.64. The quantitative estimate of drug-likeness (QED) is 0.920. The van der Waals surface area contributed by atoms with Crippen LogP contribution in [-0.4, -0.2) is 20.4 Å². The van der Waals surface area contributed by atoms with E-state index in [0.29, 0.717) is 17.6 Å². The fourth-order valence-corrected chi connectivity index (χ4v) is 2.33. The minimum Gasteiger partial charge on any atom is -0.346 e. The van der Waals surface area contributed by atoms with Gasteiger partial charge < -0.3 is 4.57 Å². The maximum atomic E-state index is 12.2. The summed E-state index contributed by atoms with van der Waals surface area (Å²) >= 11 is 0. The van der Waals surface area contributed by atoms with Crippen molar-refractivity contribution in [1.29, 1.82) is 0 Å². The van der Waals surface area contributed by atoms with Gasteiger partial charge in [-0.15, -0.1) is 0 Å². The van der Waals surface area contributed by atoms with Crippen LogP contribution >= 0.6 is 0 Å². The van der Waals surface area contributed by atoms with Crippen molar-refractivity contribution < 1.29 is 4.79 Å². The zero-order chi connectivity index (χ0) is 14.0. The molecule has 0 saturated carbocycles. The van der Waals surface area contributed by atoms with Gasteiger partial charge in [0.05, 0.1) is 5.56 Å². The molecule has 0 saturated heterocycles. The van der Waals surface area contributed by atoms with E-state index in [4.69, 9.17) is 0 Å². The van der Waals surface area contributed by atoms with E-state index in [1.165, 1.54) is 0 Å². The predicted octanol–water partition coefficient (Wildman–Crippen LogP) is 2.73. The number of hydrogen-bond acceptors (Lipinski definition) is 3. The molecule has 0 aromatic carbocycles. The molecule has 0 radical (unpaired) electrons. The highest BCUT2D eigenvalue weighted by atomic mass is 16.1. The molecule has 0 aliphatic rings. The van der Waals surface area contributed by atoms with Gasteiger partial charge in [-0.25, -0.2) is 9.97 Å². The number of hydrogen-bond donors (Lipinski definition) is 1. The Balaban J connectivity index is 2.28. The summed E-state index contributed by atoms with van der Waals surface area (Å²) in [6, 6.07) is 3.93. The first-order valence-corrected chi connectivity index (χ1v) is 6.27. The molecule has 0 aliphatic heterocycles. The van der Waals surface area contributed by atoms with E-state index >= 15 is 0 Å². The van der Waals surface area contributed by atoms with Gasteiger partial charge in [0.25, 0.3) is 5.91 Å². The van der Waals surface area contributed by atoms with Crippen molar-refractivity contribution in [2.45, 2.75) is 33.7 Å². The molecule has 5 heteroatoms. The maximum Gasteiger partial charge on any atom is 0.259 e. The average Bonchev–Trinajstić information content (AvgIpc) is 2.66. The van der Waals surface area contributed by atoms with Gasteiger partial charge in [0, 0.05) is 29.8 Å². The first kappa shape index (κ1) is 13.3. The number of rotatable bonds is 3. The fourth-order valence-electron chi connectivity index (χ4n) is 2.33. The van der Waals surface area contributed by atoms with Crippen LogP contribution in [0, 0.1) is 13.8 Å². The number of carbonyl (C=O) groups excluding carboxylic acids is 1. The van der Waals surface area contributed by atoms with Crippen LogP contribution in [0.3, 0.4) is 0 Å². The Morgan fingerprint density at radius 2 is 1.89 bits per heavy atom. The molecule has 19 heavy (non-hydrogen) atoms. The number of amides is 1. The Morgan fingerprint density at radius 1 is 1.26 bits per heavy atom. The van der Waals surface area contributed by atoms with Crippen LogP contribution in [0.15, 0.2) is 24.5 Å². The Labute approximate surface area is 112 Å². The molecule has 0 unspecified atom stereocenters. The number of nitrogens with zero attached hydrogens (tertiary/aromatic N) is 3. The largest absolute Gasteiger partial charge is 0.346 e. The summed E-state index contributed by atoms with van der Waals surface area (Å²) < 4.78 is 2.14. The molecule has 0 fully saturated rings. The number of aromatic nitrogens is 3. The lowest BCUT2D eigenvalue weighted by molar-refractivity contribution is 0.102. The van der Waals surface area contributed by atoms with E-state index in [1.54, 1.807) is 18.5 Å². The van der Waals surface area contributed by atoms with Gasteiger partial charge in [-0.2, -0.15) is 0 Å². The minimum absolute atomic E-state index is 0.175. The lowest BCUT2D eigenvalue weighted by Gasteiger charge is -2.13. The average molecular weight is 258 g/mol. The van der Waals surface area contributed by atoms with Crippen LogP contribution in [0.25, 0.3) is 0 Å². The molecule has 100 valence electrons. The van der Waals surface area contributed by atoms with Crippen LogP contribution in [-0.2, 0) is 0 Å². The molecule has 0 atom stereocenters. The van der Waals surface area contributed by atoms with Crippen LogP contribution < -0.4 is 5.32 Å². The van der Waals surface area contributed by atoms with Crippen molar-refractivity contribution in [3.8, 4) is 0 Å². The van der Waals surface area contributed by atoms with E-state index in [1.807, 2.05) is 19.9 Å². The smallest absolute Gasteiger partial charge is 0.259 e. The van der Waals surface area contributed by atoms with E-state index in [-0.39, 0.29) is 5.91 Å². The number of carbonyl (C=O) groups is 1. The molecular formula is C14H18N4O. The third-order valence-corrected chi connectivity index (χ3v) is 3.04. The topological polar surface area (TPSA) is 59.8 Å². The first-order chi connectivity index (χ1) is 9.00. The minimum atomic E-state index is -0.175. The summed E-state index contributed by atoms with van der Waals surface area (Å²) in [5, 5.41) is 2.70. The molecule has 2 heterocycles. The molecule has 0 aliphatic carbocycles. The van der Waals surface area contributed by atoms with Gasteiger partial charge in [0.15, 0.2) is 0 Å². The monoisotopic (exact) mass is 258 g/mol. The van der Waals surface area contributed by atoms with Gasteiger partial charge in [0.1, 0.15) is 0 Å². The molecule has 0 spiro atoms. The lowest BCUT2D eigenvalue weighted by atomic mass is 10.2. The zero-order valence-corrected chi connectivity index (χ0v) is 11.6. The zero-order valence-electron chi connectivity index (χ0n) is 11.6. The highest BCUT2D eigenvalue weighted by molar-refractivity contribution is 6.04. The molecular weight excluding hydrogens is 240 g/mol. The highest BCUT2D eigenvalue weighted by Gasteiger charge is 2.17. The van der Waals surface area contributed by atoms with Crippen molar-refractivity contribution in [1.82, 2.24) is 14.5 Å². The summed E-state index contributed by atoms with van der Waals surface area (Å²) in [5.74, 6) is 0.146. The third kappa shape index (κ3) is 2.65. The highest BCUT2D eigenvalue weighted by Crippen LogP contribution is 2.20. The van der Waals surface area contributed by atoms with Crippen molar-refractivity contribution in [2.24, 2.45) is 0 Å². The van der Waals surface area contributed by atoms with Gasteiger partial charge in [-0.05, 0) is 39.8 Å². The summed E-state index contributed by atoms with van der Waals surface area (Å²) in [6.45, 7) is 8.15. The summed E-state index contributed by atoms with van der Waals surface area (Å²) in [5.41, 5.74) is 2.70. The number of aryl methyl sites for hydroxylation is 1. The van der Waals surface area contributed by atoms with Crippen LogP contribution in [0.1, 0.15) is 41.6 Å². The van der Waals surface area contributed by atoms with Crippen LogP contribution in [0.5, 0.6) is 0 Å². The van der Waals surface area contributed by atoms with Gasteiger partial charge in [0.2, 0.25) is 5.95 Å². The molecule has 0 bridgehead atoms. The maximum absolute atomic E-state index is 12.2. The predicted molar refractivity (Wildman–Crippen MR) is 74.3 cm³/mol. The van der Waals surface area contributed by atoms with Crippen molar-refractivity contribution in [3.05, 3.63) is 41.5 Å². The van der Waals surface area contributed by atoms with Crippen LogP contribution in [0.2, 0.25) is 0 Å². The number of nitrogens with one attached hydrogen (secondary N) is 1. The van der Waals surface area contributed by atoms with E-state index in [9.17, 15) is 4.79 Å². The van der Waals surface area contributed by atoms with Crippen molar-refractivity contribution in [2.75, 3.05) is 5.32 Å². The van der Waals surface area contributed by atoms with Crippen molar-refractivity contribution in [3.63, 3.8) is 0 Å². The molecule has 1 amide bonds. The van der Waals surface area contributed by atoms with E-state index < -0.39 is 0 Å². The van der Waals surface area contributed by atoms with Gasteiger partial charge in [-0.1, -0.05) is 0 Å². The van der Waals surface area contributed by atoms with E-state index in [2.05, 4.69) is 33.7 Å². The summed E-state index contributed by atoms with van der Waals surface area (Å²) in [7, 11) is 0. The standard InChI is InChI=1S/C14H18N4O/c1-9(2)18-10(3)8-12(11(18)4)13(19)17-14-15-6-5-7-16-14/h5-9H,1-4H3,(H,15,16,17,19). The second-order valence-electron chi connectivity index (χ2n) is 4.78. The molecule has 2 rings (SSSR count). The lowest BCUT2D eigenvalue weighted by Crippen LogP contribution is -2.15. The fraction of sp³-hybridized carbons (Fsp3) is 0.357.